The van der Waals surface area contributed by atoms with Crippen molar-refractivity contribution in [3.63, 3.8) is 0 Å². The number of thioether (sulfide) groups is 1. The van der Waals surface area contributed by atoms with E-state index in [1.54, 1.807) is 29.2 Å². The van der Waals surface area contributed by atoms with Gasteiger partial charge in [0.15, 0.2) is 11.3 Å². The van der Waals surface area contributed by atoms with Gasteiger partial charge in [0.05, 0.1) is 6.20 Å². The van der Waals surface area contributed by atoms with Gasteiger partial charge in [-0.2, -0.15) is 9.36 Å². The normalized spacial score (nSPS) is 20.0. The number of anilines is 1. The van der Waals surface area contributed by atoms with Crippen LogP contribution in [0.3, 0.4) is 0 Å². The number of β-lactam (4-membered cyclic amide) rings is 1. The van der Waals surface area contributed by atoms with Crippen molar-refractivity contribution in [1.29, 1.82) is 0 Å². The molecule has 0 radical (unpaired) electrons. The Hall–Kier alpha value is -4.05. The van der Waals surface area contributed by atoms with Crippen LogP contribution < -0.4 is 15.6 Å². The van der Waals surface area contributed by atoms with Gasteiger partial charge < -0.3 is 21.0 Å². The zero-order valence-corrected chi connectivity index (χ0v) is 19.7. The minimum absolute atomic E-state index is 0.0357. The fourth-order valence-electron chi connectivity index (χ4n) is 3.90. The first kappa shape index (κ1) is 22.7. The molecule has 4 N–H and O–H groups in total. The van der Waals surface area contributed by atoms with E-state index in [1.807, 2.05) is 10.6 Å². The van der Waals surface area contributed by atoms with E-state index in [9.17, 15) is 19.5 Å². The molecule has 0 aromatic carbocycles. The van der Waals surface area contributed by atoms with Crippen molar-refractivity contribution in [2.45, 2.75) is 18.0 Å². The summed E-state index contributed by atoms with van der Waals surface area (Å²) in [5.74, 6) is -2.17. The fourth-order valence-corrected chi connectivity index (χ4v) is 5.67. The summed E-state index contributed by atoms with van der Waals surface area (Å²) in [4.78, 5) is 47.8. The van der Waals surface area contributed by atoms with Crippen molar-refractivity contribution in [2.75, 3.05) is 18.6 Å². The standard InChI is InChI=1S/C19H17N9O5S2/c1-33-24-11(14-23-19(20)35-25-14)15(29)22-12-16(30)28-13(18(31)32)9(8-34-17(12)28)7-26-5-6-27-10(26)3-2-4-21-27/h2-6,12,17H,7-8H2,1H3,(H3-,20,22,23,25,29,31,32)/p+1. The van der Waals surface area contributed by atoms with Crippen LogP contribution >= 0.6 is 23.3 Å². The Bertz CT molecular complexity index is 1410. The number of carboxylic acid groups (broad SMARTS) is 1. The number of carbonyl (C=O) groups excluding carboxylic acids is 2. The number of carboxylic acids is 1. The molecular formula is C19H18N9O5S2+. The number of aromatic nitrogens is 5. The maximum atomic E-state index is 13.0. The molecule has 16 heteroatoms. The maximum Gasteiger partial charge on any atom is 0.352 e. The van der Waals surface area contributed by atoms with E-state index in [0.717, 1.165) is 17.2 Å². The topological polar surface area (TPSA) is 181 Å². The van der Waals surface area contributed by atoms with Gasteiger partial charge in [-0.3, -0.25) is 14.5 Å². The Kier molecular flexibility index (Phi) is 5.81. The molecule has 2 aliphatic heterocycles. The molecule has 0 spiro atoms. The minimum atomic E-state index is -1.21. The highest BCUT2D eigenvalue weighted by Crippen LogP contribution is 2.40. The monoisotopic (exact) mass is 516 g/mol. The number of aliphatic carboxylic acids is 1. The lowest BCUT2D eigenvalue weighted by molar-refractivity contribution is -0.662. The second-order valence-corrected chi connectivity index (χ2v) is 9.34. The fraction of sp³-hybridized carbons (Fsp3) is 0.263. The van der Waals surface area contributed by atoms with Gasteiger partial charge in [0, 0.05) is 28.9 Å². The van der Waals surface area contributed by atoms with Crippen molar-refractivity contribution in [2.24, 2.45) is 5.16 Å². The van der Waals surface area contributed by atoms with Crippen molar-refractivity contribution in [3.05, 3.63) is 47.8 Å². The molecule has 3 aromatic rings. The van der Waals surface area contributed by atoms with Crippen LogP contribution in [0, 0.1) is 0 Å². The van der Waals surface area contributed by atoms with E-state index in [4.69, 9.17) is 10.6 Å². The van der Waals surface area contributed by atoms with Gasteiger partial charge in [0.25, 0.3) is 11.8 Å². The van der Waals surface area contributed by atoms with Gasteiger partial charge in [-0.15, -0.1) is 16.3 Å². The van der Waals surface area contributed by atoms with Crippen LogP contribution in [-0.4, -0.2) is 76.8 Å². The summed E-state index contributed by atoms with van der Waals surface area (Å²) in [5.41, 5.74) is 6.60. The lowest BCUT2D eigenvalue weighted by Crippen LogP contribution is -2.71. The number of fused-ring (bicyclic) bond motifs is 2. The van der Waals surface area contributed by atoms with E-state index < -0.39 is 29.2 Å². The third kappa shape index (κ3) is 3.95. The second kappa shape index (κ2) is 8.95. The van der Waals surface area contributed by atoms with Crippen LogP contribution in [-0.2, 0) is 25.8 Å². The van der Waals surface area contributed by atoms with Gasteiger partial charge in [0.1, 0.15) is 37.0 Å². The highest BCUT2D eigenvalue weighted by Gasteiger charge is 2.54. The molecule has 5 rings (SSSR count). The van der Waals surface area contributed by atoms with Crippen LogP contribution in [0.5, 0.6) is 0 Å². The molecule has 35 heavy (non-hydrogen) atoms. The summed E-state index contributed by atoms with van der Waals surface area (Å²) in [7, 11) is 1.25. The summed E-state index contributed by atoms with van der Waals surface area (Å²) in [6.07, 6.45) is 5.21. The molecule has 0 aliphatic carbocycles. The number of nitrogens with one attached hydrogen (secondary N) is 1. The number of amides is 2. The SMILES string of the molecule is CON=C(C(=O)NC1C(=O)N2C(C(=O)O)=C(C[n+]3ccn4ncccc43)CSC12)c1nsc(N)n1. The van der Waals surface area contributed by atoms with Crippen LogP contribution in [0.25, 0.3) is 5.65 Å². The number of rotatable bonds is 7. The van der Waals surface area contributed by atoms with Gasteiger partial charge >= 0.3 is 11.6 Å². The zero-order valence-electron chi connectivity index (χ0n) is 18.1. The summed E-state index contributed by atoms with van der Waals surface area (Å²) in [6.45, 7) is 0.270. The molecule has 0 saturated carbocycles. The quantitative estimate of drug-likeness (QED) is 0.150. The molecule has 14 nitrogen and oxygen atoms in total. The summed E-state index contributed by atoms with van der Waals surface area (Å²) < 4.78 is 7.48. The molecule has 5 heterocycles. The number of nitrogens with two attached hydrogens (primary N) is 1. The first-order valence-electron chi connectivity index (χ1n) is 10.1. The molecule has 2 amide bonds. The lowest BCUT2D eigenvalue weighted by atomic mass is 10.0. The number of hydrogen-bond donors (Lipinski definition) is 3. The predicted octanol–water partition coefficient (Wildman–Crippen LogP) is -1.16. The predicted molar refractivity (Wildman–Crippen MR) is 123 cm³/mol. The molecule has 1 saturated heterocycles. The van der Waals surface area contributed by atoms with Crippen molar-refractivity contribution in [1.82, 2.24) is 29.2 Å². The smallest absolute Gasteiger partial charge is 0.352 e. The summed E-state index contributed by atoms with van der Waals surface area (Å²) >= 11 is 2.24. The highest BCUT2D eigenvalue weighted by molar-refractivity contribution is 8.00. The summed E-state index contributed by atoms with van der Waals surface area (Å²) in [6, 6.07) is 2.69. The number of oxime groups is 1. The first-order valence-corrected chi connectivity index (χ1v) is 11.9. The molecule has 1 fully saturated rings. The third-order valence-electron chi connectivity index (χ3n) is 5.39. The zero-order chi connectivity index (χ0) is 24.7. The molecule has 180 valence electrons. The van der Waals surface area contributed by atoms with E-state index in [0.29, 0.717) is 11.3 Å². The van der Waals surface area contributed by atoms with Crippen molar-refractivity contribution < 1.29 is 28.9 Å². The Morgan fingerprint density at radius 1 is 1.46 bits per heavy atom. The summed E-state index contributed by atoms with van der Waals surface area (Å²) in [5, 5.41) is 19.9. The number of nitrogen functional groups attached to an aromatic ring is 1. The number of imidazole rings is 1. The van der Waals surface area contributed by atoms with Gasteiger partial charge in [0.2, 0.25) is 11.5 Å². The number of nitrogens with zero attached hydrogens (tertiary/aromatic N) is 7. The maximum absolute atomic E-state index is 13.0. The molecule has 2 aliphatic rings. The molecule has 0 bridgehead atoms. The Morgan fingerprint density at radius 3 is 3.00 bits per heavy atom. The van der Waals surface area contributed by atoms with E-state index in [-0.39, 0.29) is 28.9 Å². The largest absolute Gasteiger partial charge is 0.477 e. The Balaban J connectivity index is 1.37. The number of carbonyl (C=O) groups is 3. The second-order valence-electron chi connectivity index (χ2n) is 7.45. The van der Waals surface area contributed by atoms with Crippen LogP contribution in [0.1, 0.15) is 5.82 Å². The van der Waals surface area contributed by atoms with Crippen molar-refractivity contribution >= 4 is 57.6 Å². The molecule has 3 aromatic heterocycles. The average Bonchev–Trinajstić information content (AvgIpc) is 3.46. The van der Waals surface area contributed by atoms with Crippen LogP contribution in [0.4, 0.5) is 5.13 Å². The third-order valence-corrected chi connectivity index (χ3v) is 7.27. The Morgan fingerprint density at radius 2 is 2.29 bits per heavy atom. The average molecular weight is 517 g/mol. The van der Waals surface area contributed by atoms with Crippen LogP contribution in [0.15, 0.2) is 47.1 Å². The van der Waals surface area contributed by atoms with Gasteiger partial charge in [-0.05, 0) is 6.07 Å². The Labute approximate surface area is 205 Å². The van der Waals surface area contributed by atoms with E-state index in [1.165, 1.54) is 23.8 Å². The van der Waals surface area contributed by atoms with Gasteiger partial charge in [-0.25, -0.2) is 9.36 Å². The molecule has 2 atom stereocenters. The van der Waals surface area contributed by atoms with Crippen molar-refractivity contribution in [3.8, 4) is 0 Å². The molecular weight excluding hydrogens is 498 g/mol. The van der Waals surface area contributed by atoms with E-state index >= 15 is 0 Å². The minimum Gasteiger partial charge on any atom is -0.477 e. The lowest BCUT2D eigenvalue weighted by Gasteiger charge is -2.49. The highest BCUT2D eigenvalue weighted by atomic mass is 32.2. The first-order chi connectivity index (χ1) is 16.9. The van der Waals surface area contributed by atoms with Crippen LogP contribution in [0.2, 0.25) is 0 Å². The van der Waals surface area contributed by atoms with E-state index in [2.05, 4.69) is 24.9 Å². The van der Waals surface area contributed by atoms with Gasteiger partial charge in [-0.1, -0.05) is 10.3 Å². The molecule has 2 unspecified atom stereocenters. The number of hydrogen-bond acceptors (Lipinski definition) is 11.